The fraction of sp³-hybridized carbons (Fsp3) is 0.167. The Bertz CT molecular complexity index is 824. The third-order valence-electron chi connectivity index (χ3n) is 2.83. The van der Waals surface area contributed by atoms with Crippen molar-refractivity contribution in [2.75, 3.05) is 0 Å². The molecule has 0 aliphatic rings. The highest BCUT2D eigenvalue weighted by atomic mass is 35.5. The van der Waals surface area contributed by atoms with Crippen LogP contribution in [0.4, 0.5) is 13.2 Å². The molecule has 1 aromatic heterocycles. The molecule has 5 nitrogen and oxygen atoms in total. The number of aromatic amines is 1. The van der Waals surface area contributed by atoms with E-state index in [1.54, 1.807) is 0 Å². The van der Waals surface area contributed by atoms with Gasteiger partial charge in [0.1, 0.15) is 0 Å². The smallest absolute Gasteiger partial charge is 0.416 e. The molecule has 0 aliphatic heterocycles. The number of aromatic hydroxyl groups is 1. The largest absolute Gasteiger partial charge is 0.494 e. The van der Waals surface area contributed by atoms with Crippen LogP contribution in [0.1, 0.15) is 11.1 Å². The molecule has 9 heteroatoms. The molecule has 0 saturated carbocycles. The lowest BCUT2D eigenvalue weighted by Gasteiger charge is -2.13. The van der Waals surface area contributed by atoms with Crippen LogP contribution in [0.25, 0.3) is 5.69 Å². The summed E-state index contributed by atoms with van der Waals surface area (Å²) in [6, 6.07) is 2.28. The van der Waals surface area contributed by atoms with Crippen molar-refractivity contribution in [1.82, 2.24) is 9.55 Å². The van der Waals surface area contributed by atoms with Crippen molar-refractivity contribution in [2.24, 2.45) is 0 Å². The standard InChI is InChI=1S/C12H8ClF3N2O3/c1-5-9(19)17-11(21)18(10(5)20)8-3-2-6(4-7(8)13)12(14,15)16/h2-4,20H,1H3,(H,17,19,21). The van der Waals surface area contributed by atoms with Gasteiger partial charge >= 0.3 is 11.9 Å². The lowest BCUT2D eigenvalue weighted by atomic mass is 10.2. The lowest BCUT2D eigenvalue weighted by Crippen LogP contribution is -2.30. The van der Waals surface area contributed by atoms with Gasteiger partial charge in [-0.2, -0.15) is 13.2 Å². The Morgan fingerprint density at radius 3 is 2.43 bits per heavy atom. The molecular weight excluding hydrogens is 313 g/mol. The average Bonchev–Trinajstić information content (AvgIpc) is 2.37. The molecule has 0 aliphatic carbocycles. The molecule has 112 valence electrons. The van der Waals surface area contributed by atoms with Gasteiger partial charge in [0.05, 0.1) is 21.8 Å². The Hall–Kier alpha value is -2.22. The summed E-state index contributed by atoms with van der Waals surface area (Å²) in [5, 5.41) is 9.43. The number of halogens is 4. The summed E-state index contributed by atoms with van der Waals surface area (Å²) in [6.07, 6.45) is -4.59. The fourth-order valence-corrected chi connectivity index (χ4v) is 1.97. The van der Waals surface area contributed by atoms with E-state index in [1.807, 2.05) is 4.98 Å². The highest BCUT2D eigenvalue weighted by Crippen LogP contribution is 2.33. The number of aromatic nitrogens is 2. The molecule has 0 spiro atoms. The Morgan fingerprint density at radius 2 is 1.90 bits per heavy atom. The number of alkyl halides is 3. The Morgan fingerprint density at radius 1 is 1.29 bits per heavy atom. The van der Waals surface area contributed by atoms with Crippen molar-refractivity contribution in [1.29, 1.82) is 0 Å². The Kier molecular flexibility index (Phi) is 3.58. The zero-order chi connectivity index (χ0) is 15.9. The van der Waals surface area contributed by atoms with Crippen molar-refractivity contribution >= 4 is 11.6 Å². The van der Waals surface area contributed by atoms with Crippen molar-refractivity contribution in [3.63, 3.8) is 0 Å². The number of benzene rings is 1. The van der Waals surface area contributed by atoms with E-state index in [1.165, 1.54) is 6.92 Å². The van der Waals surface area contributed by atoms with Crippen LogP contribution in [0, 0.1) is 6.92 Å². The second kappa shape index (κ2) is 4.96. The van der Waals surface area contributed by atoms with E-state index in [4.69, 9.17) is 11.6 Å². The molecule has 21 heavy (non-hydrogen) atoms. The van der Waals surface area contributed by atoms with Crippen molar-refractivity contribution < 1.29 is 18.3 Å². The van der Waals surface area contributed by atoms with E-state index in [0.29, 0.717) is 16.7 Å². The van der Waals surface area contributed by atoms with E-state index in [-0.39, 0.29) is 11.3 Å². The molecule has 1 aromatic carbocycles. The Labute approximate surface area is 120 Å². The maximum absolute atomic E-state index is 12.6. The molecule has 0 atom stereocenters. The topological polar surface area (TPSA) is 75.1 Å². The van der Waals surface area contributed by atoms with Crippen LogP contribution in [0.2, 0.25) is 5.02 Å². The second-order valence-corrected chi connectivity index (χ2v) is 4.61. The van der Waals surface area contributed by atoms with Gasteiger partial charge in [0.15, 0.2) is 0 Å². The van der Waals surface area contributed by atoms with Gasteiger partial charge in [0.2, 0.25) is 5.88 Å². The lowest BCUT2D eigenvalue weighted by molar-refractivity contribution is -0.137. The second-order valence-electron chi connectivity index (χ2n) is 4.21. The summed E-state index contributed by atoms with van der Waals surface area (Å²) in [4.78, 5) is 24.9. The molecule has 2 rings (SSSR count). The van der Waals surface area contributed by atoms with Crippen LogP contribution >= 0.6 is 11.6 Å². The van der Waals surface area contributed by atoms with E-state index in [9.17, 15) is 27.9 Å². The maximum atomic E-state index is 12.6. The first-order chi connectivity index (χ1) is 9.62. The van der Waals surface area contributed by atoms with Crippen LogP contribution in [0.3, 0.4) is 0 Å². The predicted molar refractivity (Wildman–Crippen MR) is 69.1 cm³/mol. The first-order valence-electron chi connectivity index (χ1n) is 5.55. The number of hydrogen-bond donors (Lipinski definition) is 2. The molecule has 0 bridgehead atoms. The Balaban J connectivity index is 2.73. The highest BCUT2D eigenvalue weighted by molar-refractivity contribution is 6.32. The minimum atomic E-state index is -4.59. The van der Waals surface area contributed by atoms with Crippen LogP contribution in [0.5, 0.6) is 5.88 Å². The van der Waals surface area contributed by atoms with Gasteiger partial charge < -0.3 is 5.11 Å². The normalized spacial score (nSPS) is 11.7. The van der Waals surface area contributed by atoms with E-state index in [0.717, 1.165) is 6.07 Å². The minimum absolute atomic E-state index is 0.162. The number of nitrogens with zero attached hydrogens (tertiary/aromatic N) is 1. The fourth-order valence-electron chi connectivity index (χ4n) is 1.70. The third kappa shape index (κ3) is 2.66. The van der Waals surface area contributed by atoms with Gasteiger partial charge in [-0.15, -0.1) is 0 Å². The van der Waals surface area contributed by atoms with Gasteiger partial charge in [-0.25, -0.2) is 9.36 Å². The molecule has 0 amide bonds. The summed E-state index contributed by atoms with van der Waals surface area (Å²) in [5.41, 5.74) is -3.14. The first-order valence-corrected chi connectivity index (χ1v) is 5.92. The van der Waals surface area contributed by atoms with Crippen molar-refractivity contribution in [3.05, 3.63) is 55.2 Å². The molecular formula is C12H8ClF3N2O3. The molecule has 1 heterocycles. The van der Waals surface area contributed by atoms with Gasteiger partial charge in [0, 0.05) is 0 Å². The molecule has 0 radical (unpaired) electrons. The zero-order valence-electron chi connectivity index (χ0n) is 10.5. The summed E-state index contributed by atoms with van der Waals surface area (Å²) in [6.45, 7) is 1.25. The predicted octanol–water partition coefficient (Wildman–Crippen LogP) is 2.21. The summed E-state index contributed by atoms with van der Waals surface area (Å²) >= 11 is 5.74. The molecule has 2 N–H and O–H groups in total. The number of hydrogen-bond acceptors (Lipinski definition) is 3. The first kappa shape index (κ1) is 15.2. The molecule has 0 saturated heterocycles. The number of rotatable bonds is 1. The van der Waals surface area contributed by atoms with Crippen LogP contribution in [-0.4, -0.2) is 14.7 Å². The molecule has 0 unspecified atom stereocenters. The number of nitrogens with one attached hydrogen (secondary N) is 1. The summed E-state index contributed by atoms with van der Waals surface area (Å²) in [7, 11) is 0. The molecule has 0 fully saturated rings. The SMILES string of the molecule is Cc1c(O)n(-c2ccc(C(F)(F)F)cc2Cl)c(=O)[nH]c1=O. The van der Waals surface area contributed by atoms with Crippen LogP contribution in [-0.2, 0) is 6.18 Å². The van der Waals surface area contributed by atoms with Crippen LogP contribution < -0.4 is 11.2 Å². The van der Waals surface area contributed by atoms with Crippen LogP contribution in [0.15, 0.2) is 27.8 Å². The van der Waals surface area contributed by atoms with E-state index in [2.05, 4.69) is 0 Å². The zero-order valence-corrected chi connectivity index (χ0v) is 11.2. The molecule has 2 aromatic rings. The van der Waals surface area contributed by atoms with E-state index < -0.39 is 33.9 Å². The summed E-state index contributed by atoms with van der Waals surface area (Å²) < 4.78 is 38.3. The monoisotopic (exact) mass is 320 g/mol. The maximum Gasteiger partial charge on any atom is 0.416 e. The average molecular weight is 321 g/mol. The van der Waals surface area contributed by atoms with Gasteiger partial charge in [-0.05, 0) is 25.1 Å². The van der Waals surface area contributed by atoms with E-state index >= 15 is 0 Å². The van der Waals surface area contributed by atoms with Gasteiger partial charge in [-0.3, -0.25) is 9.78 Å². The van der Waals surface area contributed by atoms with Gasteiger partial charge in [0.25, 0.3) is 5.56 Å². The minimum Gasteiger partial charge on any atom is -0.494 e. The van der Waals surface area contributed by atoms with Crippen molar-refractivity contribution in [3.8, 4) is 11.6 Å². The third-order valence-corrected chi connectivity index (χ3v) is 3.13. The number of H-pyrrole nitrogens is 1. The highest BCUT2D eigenvalue weighted by Gasteiger charge is 2.31. The quantitative estimate of drug-likeness (QED) is 0.846. The van der Waals surface area contributed by atoms with Crippen molar-refractivity contribution in [2.45, 2.75) is 13.1 Å². The van der Waals surface area contributed by atoms with Gasteiger partial charge in [-0.1, -0.05) is 11.6 Å². The summed E-state index contributed by atoms with van der Waals surface area (Å²) in [5.74, 6) is -0.689.